The molecule has 0 bridgehead atoms. The van der Waals surface area contributed by atoms with Crippen LogP contribution in [0.25, 0.3) is 21.5 Å². The van der Waals surface area contributed by atoms with Gasteiger partial charge in [0.2, 0.25) is 0 Å². The summed E-state index contributed by atoms with van der Waals surface area (Å²) in [4.78, 5) is 0. The Kier molecular flexibility index (Phi) is 17.2. The Balaban J connectivity index is 0.000000335. The molecule has 0 spiro atoms. The molecule has 4 aromatic carbocycles. The molecule has 2 radical (unpaired) electrons. The number of halogens is 2. The van der Waals surface area contributed by atoms with Gasteiger partial charge < -0.3 is 0 Å². The van der Waals surface area contributed by atoms with Gasteiger partial charge in [-0.15, -0.1) is 56.9 Å². The molecule has 221 valence electrons. The molecule has 0 unspecified atom stereocenters. The molecule has 4 heteroatoms. The Morgan fingerprint density at radius 3 is 1.12 bits per heavy atom. The van der Waals surface area contributed by atoms with Crippen LogP contribution in [0.15, 0.2) is 48.5 Å². The number of aryl methyl sites for hydroxylation is 2. The molecule has 0 aromatic heterocycles. The third-order valence-corrected chi connectivity index (χ3v) is 7.27. The summed E-state index contributed by atoms with van der Waals surface area (Å²) in [6.07, 6.45) is 2.26. The van der Waals surface area contributed by atoms with Gasteiger partial charge in [0.05, 0.1) is 0 Å². The van der Waals surface area contributed by atoms with Crippen LogP contribution < -0.4 is 0 Å². The number of hydrogen-bond acceptors (Lipinski definition) is 0. The predicted octanol–water partition coefficient (Wildman–Crippen LogP) is 12.9. The second-order valence-corrected chi connectivity index (χ2v) is 15.1. The van der Waals surface area contributed by atoms with Gasteiger partial charge in [0.15, 0.2) is 0 Å². The van der Waals surface area contributed by atoms with E-state index >= 15 is 0 Å². The second-order valence-electron chi connectivity index (χ2n) is 11.8. The molecule has 0 saturated heterocycles. The average molecular weight is 635 g/mol. The molecule has 0 aliphatic carbocycles. The van der Waals surface area contributed by atoms with E-state index < -0.39 is 0 Å². The monoisotopic (exact) mass is 633 g/mol. The summed E-state index contributed by atoms with van der Waals surface area (Å²) in [5.74, 6) is 2.42. The summed E-state index contributed by atoms with van der Waals surface area (Å²) in [6.45, 7) is 27.0. The van der Waals surface area contributed by atoms with E-state index in [4.69, 9.17) is 19.7 Å². The first-order chi connectivity index (χ1) is 18.9. The van der Waals surface area contributed by atoms with Crippen molar-refractivity contribution in [3.05, 3.63) is 81.9 Å². The van der Waals surface area contributed by atoms with Crippen molar-refractivity contribution in [2.45, 2.75) is 119 Å². The summed E-state index contributed by atoms with van der Waals surface area (Å²) in [5, 5.41) is 5.77. The van der Waals surface area contributed by atoms with Crippen molar-refractivity contribution in [2.24, 2.45) is 0 Å². The zero-order valence-electron chi connectivity index (χ0n) is 27.0. The maximum atomic E-state index is 4.86. The fourth-order valence-corrected chi connectivity index (χ4v) is 4.90. The van der Waals surface area contributed by atoms with Gasteiger partial charge in [-0.3, -0.25) is 0 Å². The van der Waals surface area contributed by atoms with Crippen molar-refractivity contribution in [2.75, 3.05) is 0 Å². The molecule has 0 atom stereocenters. The molecule has 0 aliphatic rings. The first-order valence-corrected chi connectivity index (χ1v) is 20.7. The molecule has 40 heavy (non-hydrogen) atoms. The molecule has 4 aromatic rings. The minimum atomic E-state index is -0.368. The summed E-state index contributed by atoms with van der Waals surface area (Å²) < 4.78 is 0. The van der Waals surface area contributed by atoms with Crippen LogP contribution in [0.5, 0.6) is 0 Å². The molecule has 4 rings (SSSR count). The quantitative estimate of drug-likeness (QED) is 0.146. The van der Waals surface area contributed by atoms with E-state index in [0.717, 1.165) is 22.4 Å². The molecule has 0 aliphatic heterocycles. The Morgan fingerprint density at radius 2 is 0.900 bits per heavy atom. The third kappa shape index (κ3) is 10.7. The van der Waals surface area contributed by atoms with Crippen LogP contribution in [0.1, 0.15) is 126 Å². The minimum absolute atomic E-state index is 0.368. The van der Waals surface area contributed by atoms with Crippen LogP contribution in [0.3, 0.4) is 0 Å². The van der Waals surface area contributed by atoms with Gasteiger partial charge in [-0.25, -0.2) is 0 Å². The van der Waals surface area contributed by atoms with Gasteiger partial charge in [0.25, 0.3) is 0 Å². The van der Waals surface area contributed by atoms with E-state index in [-0.39, 0.29) is 14.4 Å². The van der Waals surface area contributed by atoms with Crippen LogP contribution in [0, 0.1) is 0 Å². The maximum absolute atomic E-state index is 4.86. The van der Waals surface area contributed by atoms with E-state index in [1.807, 2.05) is 0 Å². The van der Waals surface area contributed by atoms with E-state index in [9.17, 15) is 0 Å². The number of benzene rings is 2. The zero-order valence-corrected chi connectivity index (χ0v) is 31.0. The third-order valence-electron chi connectivity index (χ3n) is 7.27. The average Bonchev–Trinajstić information content (AvgIpc) is 3.52. The number of fused-ring (bicyclic) bond motifs is 2. The van der Waals surface area contributed by atoms with Crippen molar-refractivity contribution in [1.82, 2.24) is 0 Å². The molecule has 0 saturated carbocycles. The molecular formula is C36H52Cl2SiV-2. The summed E-state index contributed by atoms with van der Waals surface area (Å²) in [7, 11) is 10.8. The van der Waals surface area contributed by atoms with Gasteiger partial charge in [0, 0.05) is 9.52 Å². The topological polar surface area (TPSA) is 0 Å². The molecule has 0 N–H and O–H groups in total. The number of rotatable bonds is 6. The van der Waals surface area contributed by atoms with Crippen LogP contribution >= 0.6 is 19.7 Å². The van der Waals surface area contributed by atoms with Crippen LogP contribution in [-0.4, -0.2) is 9.52 Å². The van der Waals surface area contributed by atoms with E-state index in [1.165, 1.54) is 54.9 Å². The first-order valence-electron chi connectivity index (χ1n) is 14.9. The van der Waals surface area contributed by atoms with Crippen molar-refractivity contribution < 1.29 is 14.4 Å². The predicted molar refractivity (Wildman–Crippen MR) is 183 cm³/mol. The molecule has 0 fully saturated rings. The Morgan fingerprint density at radius 1 is 0.600 bits per heavy atom. The van der Waals surface area contributed by atoms with Crippen LogP contribution in [0.2, 0.25) is 13.1 Å². The standard InChI is InChI=1S/2C17H23.C2H6Si.2ClH.V/c2*1-6-13-7-15-9-14(11(2)3)10-16(12(4)5)17(15)8-13;1-3-2;;;/h2*7-12H,6H2,1-5H3;1-2H3;2*1H;/q2*-1;;;;+2/p-2. The van der Waals surface area contributed by atoms with Crippen LogP contribution in [0.4, 0.5) is 0 Å². The number of hydrogen-bond donors (Lipinski definition) is 0. The summed E-state index contributed by atoms with van der Waals surface area (Å²) >= 11 is -0.368. The van der Waals surface area contributed by atoms with Crippen molar-refractivity contribution >= 4 is 50.8 Å². The van der Waals surface area contributed by atoms with Gasteiger partial charge in [-0.05, 0) is 36.5 Å². The summed E-state index contributed by atoms with van der Waals surface area (Å²) in [5.41, 5.74) is 8.87. The molecule has 0 amide bonds. The van der Waals surface area contributed by atoms with Gasteiger partial charge >= 0.3 is 34.1 Å². The van der Waals surface area contributed by atoms with E-state index in [2.05, 4.69) is 131 Å². The molecular weight excluding hydrogens is 582 g/mol. The molecule has 0 heterocycles. The fourth-order valence-electron chi connectivity index (χ4n) is 4.90. The first kappa shape index (κ1) is 37.1. The SMILES string of the molecule is CCc1cc2c(C(C)C)cc(C(C)C)cc2[cH-]1.CCc1cc2c(C(C)C)cc(C(C)C)cc2[cH-]1.C[Si]C.[Cl][V][Cl]. The fraction of sp³-hybridized carbons (Fsp3) is 0.500. The van der Waals surface area contributed by atoms with Crippen molar-refractivity contribution in [3.8, 4) is 0 Å². The van der Waals surface area contributed by atoms with Crippen molar-refractivity contribution in [1.29, 1.82) is 0 Å². The van der Waals surface area contributed by atoms with Gasteiger partial charge in [-0.2, -0.15) is 12.1 Å². The normalized spacial score (nSPS) is 10.9. The summed E-state index contributed by atoms with van der Waals surface area (Å²) in [6, 6.07) is 19.0. The van der Waals surface area contributed by atoms with E-state index in [0.29, 0.717) is 23.7 Å². The van der Waals surface area contributed by atoms with E-state index in [1.54, 1.807) is 0 Å². The van der Waals surface area contributed by atoms with Crippen molar-refractivity contribution in [3.63, 3.8) is 0 Å². The Labute approximate surface area is 264 Å². The zero-order chi connectivity index (χ0) is 30.6. The Hall–Kier alpha value is -0.959. The van der Waals surface area contributed by atoms with Gasteiger partial charge in [0.1, 0.15) is 0 Å². The van der Waals surface area contributed by atoms with Gasteiger partial charge in [-0.1, -0.05) is 117 Å². The second kappa shape index (κ2) is 18.6. The van der Waals surface area contributed by atoms with Crippen LogP contribution in [-0.2, 0) is 27.2 Å². The molecule has 0 nitrogen and oxygen atoms in total. The Bertz CT molecular complexity index is 1180.